The fourth-order valence-corrected chi connectivity index (χ4v) is 2.32. The molecule has 0 aromatic heterocycles. The second-order valence-corrected chi connectivity index (χ2v) is 5.19. The van der Waals surface area contributed by atoms with Crippen molar-refractivity contribution in [2.24, 2.45) is 0 Å². The van der Waals surface area contributed by atoms with Gasteiger partial charge in [-0.3, -0.25) is 4.79 Å². The number of carbonyl (C=O) groups is 1. The van der Waals surface area contributed by atoms with Gasteiger partial charge in [0.2, 0.25) is 0 Å². The molecular formula is C13H15F3INO3. The highest BCUT2D eigenvalue weighted by Gasteiger charge is 2.38. The molecule has 1 aromatic carbocycles. The van der Waals surface area contributed by atoms with Gasteiger partial charge in [0.25, 0.3) is 0 Å². The molecule has 1 amide bonds. The van der Waals surface area contributed by atoms with Crippen molar-refractivity contribution in [2.75, 3.05) is 20.3 Å². The number of methoxy groups -OCH3 is 1. The molecular weight excluding hydrogens is 402 g/mol. The Morgan fingerprint density at radius 2 is 2.00 bits per heavy atom. The predicted octanol–water partition coefficient (Wildman–Crippen LogP) is 2.92. The lowest BCUT2D eigenvalue weighted by Gasteiger charge is -2.13. The molecule has 21 heavy (non-hydrogen) atoms. The van der Waals surface area contributed by atoms with Crippen LogP contribution in [0.25, 0.3) is 0 Å². The maximum absolute atomic E-state index is 12.1. The fourth-order valence-electron chi connectivity index (χ4n) is 1.61. The van der Waals surface area contributed by atoms with Gasteiger partial charge in [-0.1, -0.05) is 0 Å². The Hall–Kier alpha value is -1.19. The standard InChI is InChI=1S/C13H15F3INO3/c1-3-21-11-6-8(9(17)7-10(11)20-2)4-5-18-12(19)13(14,15)16/h6-7H,3-5H2,1-2H3,(H,18,19). The monoisotopic (exact) mass is 417 g/mol. The number of ether oxygens (including phenoxy) is 2. The molecule has 1 aromatic rings. The van der Waals surface area contributed by atoms with Gasteiger partial charge in [0.15, 0.2) is 11.5 Å². The summed E-state index contributed by atoms with van der Waals surface area (Å²) in [7, 11) is 1.51. The van der Waals surface area contributed by atoms with Crippen molar-refractivity contribution in [3.05, 3.63) is 21.3 Å². The molecule has 0 unspecified atom stereocenters. The molecule has 0 aliphatic rings. The summed E-state index contributed by atoms with van der Waals surface area (Å²) in [5.74, 6) is -0.849. The molecule has 4 nitrogen and oxygen atoms in total. The number of halogens is 4. The van der Waals surface area contributed by atoms with Gasteiger partial charge < -0.3 is 14.8 Å². The summed E-state index contributed by atoms with van der Waals surface area (Å²) in [5.41, 5.74) is 0.780. The van der Waals surface area contributed by atoms with Gasteiger partial charge in [-0.05, 0) is 53.6 Å². The number of hydrogen-bond donors (Lipinski definition) is 1. The van der Waals surface area contributed by atoms with Crippen molar-refractivity contribution in [3.63, 3.8) is 0 Å². The zero-order valence-corrected chi connectivity index (χ0v) is 13.7. The van der Waals surface area contributed by atoms with Crippen LogP contribution in [0.1, 0.15) is 12.5 Å². The second kappa shape index (κ2) is 7.71. The van der Waals surface area contributed by atoms with Gasteiger partial charge in [0.05, 0.1) is 13.7 Å². The van der Waals surface area contributed by atoms with Crippen molar-refractivity contribution in [1.29, 1.82) is 0 Å². The summed E-state index contributed by atoms with van der Waals surface area (Å²) in [6.07, 6.45) is -4.59. The minimum Gasteiger partial charge on any atom is -0.493 e. The van der Waals surface area contributed by atoms with Gasteiger partial charge in [0.1, 0.15) is 0 Å². The van der Waals surface area contributed by atoms with Crippen LogP contribution in [-0.2, 0) is 11.2 Å². The summed E-state index contributed by atoms with van der Waals surface area (Å²) < 4.78 is 47.6. The molecule has 0 aliphatic heterocycles. The van der Waals surface area contributed by atoms with E-state index in [1.165, 1.54) is 7.11 Å². The molecule has 0 bridgehead atoms. The van der Waals surface area contributed by atoms with Crippen LogP contribution in [0.15, 0.2) is 12.1 Å². The first-order chi connectivity index (χ1) is 9.79. The third-order valence-electron chi connectivity index (χ3n) is 2.57. The normalized spacial score (nSPS) is 11.1. The number of alkyl halides is 3. The number of amides is 1. The lowest BCUT2D eigenvalue weighted by atomic mass is 10.1. The maximum Gasteiger partial charge on any atom is 0.471 e. The molecule has 0 aliphatic carbocycles. The van der Waals surface area contributed by atoms with Gasteiger partial charge in [-0.25, -0.2) is 0 Å². The predicted molar refractivity (Wildman–Crippen MR) is 79.6 cm³/mol. The Kier molecular flexibility index (Phi) is 6.56. The first kappa shape index (κ1) is 17.9. The van der Waals surface area contributed by atoms with Crippen molar-refractivity contribution in [1.82, 2.24) is 5.32 Å². The van der Waals surface area contributed by atoms with E-state index in [0.29, 0.717) is 18.1 Å². The SMILES string of the molecule is CCOc1cc(CCNC(=O)C(F)(F)F)c(I)cc1OC. The topological polar surface area (TPSA) is 47.6 Å². The number of nitrogens with one attached hydrogen (secondary N) is 1. The van der Waals surface area contributed by atoms with Gasteiger partial charge in [-0.15, -0.1) is 0 Å². The highest BCUT2D eigenvalue weighted by molar-refractivity contribution is 14.1. The van der Waals surface area contributed by atoms with E-state index in [2.05, 4.69) is 22.6 Å². The fraction of sp³-hybridized carbons (Fsp3) is 0.462. The molecule has 0 spiro atoms. The largest absolute Gasteiger partial charge is 0.493 e. The molecule has 1 N–H and O–H groups in total. The van der Waals surface area contributed by atoms with Crippen molar-refractivity contribution in [3.8, 4) is 11.5 Å². The zero-order chi connectivity index (χ0) is 16.0. The maximum atomic E-state index is 12.1. The Morgan fingerprint density at radius 3 is 2.52 bits per heavy atom. The van der Waals surface area contributed by atoms with E-state index < -0.39 is 12.1 Å². The van der Waals surface area contributed by atoms with Crippen LogP contribution >= 0.6 is 22.6 Å². The average Bonchev–Trinajstić information content (AvgIpc) is 2.40. The van der Waals surface area contributed by atoms with Crippen LogP contribution in [0.5, 0.6) is 11.5 Å². The van der Waals surface area contributed by atoms with Gasteiger partial charge in [0, 0.05) is 10.1 Å². The third-order valence-corrected chi connectivity index (χ3v) is 3.57. The summed E-state index contributed by atoms with van der Waals surface area (Å²) in [5, 5.41) is 1.84. The van der Waals surface area contributed by atoms with E-state index >= 15 is 0 Å². The molecule has 8 heteroatoms. The smallest absolute Gasteiger partial charge is 0.471 e. The van der Waals surface area contributed by atoms with E-state index in [1.54, 1.807) is 12.1 Å². The second-order valence-electron chi connectivity index (χ2n) is 4.03. The molecule has 1 rings (SSSR count). The van der Waals surface area contributed by atoms with E-state index in [-0.39, 0.29) is 13.0 Å². The molecule has 0 radical (unpaired) electrons. The van der Waals surface area contributed by atoms with Crippen LogP contribution in [0, 0.1) is 3.57 Å². The summed E-state index contributed by atoms with van der Waals surface area (Å²) in [6.45, 7) is 2.16. The first-order valence-corrected chi connectivity index (χ1v) is 7.21. The van der Waals surface area contributed by atoms with E-state index in [0.717, 1.165) is 9.13 Å². The minimum absolute atomic E-state index is 0.105. The highest BCUT2D eigenvalue weighted by atomic mass is 127. The number of hydrogen-bond acceptors (Lipinski definition) is 3. The van der Waals surface area contributed by atoms with Gasteiger partial charge in [-0.2, -0.15) is 13.2 Å². The number of benzene rings is 1. The number of carbonyl (C=O) groups excluding carboxylic acids is 1. The van der Waals surface area contributed by atoms with Crippen molar-refractivity contribution < 1.29 is 27.4 Å². The van der Waals surface area contributed by atoms with Crippen LogP contribution < -0.4 is 14.8 Å². The molecule has 0 fully saturated rings. The van der Waals surface area contributed by atoms with E-state index in [9.17, 15) is 18.0 Å². The molecule has 118 valence electrons. The van der Waals surface area contributed by atoms with Crippen LogP contribution in [0.2, 0.25) is 0 Å². The Balaban J connectivity index is 2.75. The Bertz CT molecular complexity index is 506. The zero-order valence-electron chi connectivity index (χ0n) is 11.5. The average molecular weight is 417 g/mol. The van der Waals surface area contributed by atoms with Crippen molar-refractivity contribution in [2.45, 2.75) is 19.5 Å². The molecule has 0 atom stereocenters. The lowest BCUT2D eigenvalue weighted by Crippen LogP contribution is -2.37. The quantitative estimate of drug-likeness (QED) is 0.725. The van der Waals surface area contributed by atoms with Crippen molar-refractivity contribution >= 4 is 28.5 Å². The minimum atomic E-state index is -4.86. The summed E-state index contributed by atoms with van der Waals surface area (Å²) >= 11 is 2.06. The van der Waals surface area contributed by atoms with Crippen LogP contribution in [0.3, 0.4) is 0 Å². The van der Waals surface area contributed by atoms with Gasteiger partial charge >= 0.3 is 12.1 Å². The summed E-state index contributed by atoms with van der Waals surface area (Å²) in [4.78, 5) is 10.7. The molecule has 0 saturated heterocycles. The lowest BCUT2D eigenvalue weighted by molar-refractivity contribution is -0.173. The molecule has 0 heterocycles. The first-order valence-electron chi connectivity index (χ1n) is 6.13. The Morgan fingerprint density at radius 1 is 1.33 bits per heavy atom. The van der Waals surface area contributed by atoms with E-state index in [4.69, 9.17) is 9.47 Å². The van der Waals surface area contributed by atoms with Crippen LogP contribution in [-0.4, -0.2) is 32.3 Å². The third kappa shape index (κ3) is 5.25. The Labute approximate surface area is 134 Å². The van der Waals surface area contributed by atoms with E-state index in [1.807, 2.05) is 12.2 Å². The highest BCUT2D eigenvalue weighted by Crippen LogP contribution is 2.31. The summed E-state index contributed by atoms with van der Waals surface area (Å²) in [6, 6.07) is 3.45. The van der Waals surface area contributed by atoms with Crippen LogP contribution in [0.4, 0.5) is 13.2 Å². The number of rotatable bonds is 6. The molecule has 0 saturated carbocycles.